The van der Waals surface area contributed by atoms with Gasteiger partial charge in [0.2, 0.25) is 0 Å². The molecule has 100 valence electrons. The molecular weight excluding hydrogens is 296 g/mol. The van der Waals surface area contributed by atoms with E-state index in [9.17, 15) is 4.79 Å². The van der Waals surface area contributed by atoms with Gasteiger partial charge in [-0.25, -0.2) is 5.84 Å². The molecule has 1 atom stereocenters. The third kappa shape index (κ3) is 4.40. The standard InChI is InChI=1S/C13H19BrN2O2/c1-3-4-9(2)18-8-11-6-5-10(7-12(11)14)13(17)16-15/h5-7,9H,3-4,8,15H2,1-2H3,(H,16,17). The fourth-order valence-corrected chi connectivity index (χ4v) is 2.10. The Morgan fingerprint density at radius 2 is 2.28 bits per heavy atom. The third-order valence-electron chi connectivity index (χ3n) is 2.66. The van der Waals surface area contributed by atoms with E-state index in [1.54, 1.807) is 12.1 Å². The van der Waals surface area contributed by atoms with Gasteiger partial charge < -0.3 is 4.74 Å². The van der Waals surface area contributed by atoms with Gasteiger partial charge in [0.05, 0.1) is 12.7 Å². The summed E-state index contributed by atoms with van der Waals surface area (Å²) in [4.78, 5) is 11.3. The summed E-state index contributed by atoms with van der Waals surface area (Å²) >= 11 is 3.43. The minimum atomic E-state index is -0.303. The van der Waals surface area contributed by atoms with Crippen LogP contribution in [0.3, 0.4) is 0 Å². The van der Waals surface area contributed by atoms with E-state index in [0.29, 0.717) is 12.2 Å². The quantitative estimate of drug-likeness (QED) is 0.482. The van der Waals surface area contributed by atoms with Crippen molar-refractivity contribution in [1.29, 1.82) is 0 Å². The van der Waals surface area contributed by atoms with Gasteiger partial charge in [0.25, 0.3) is 5.91 Å². The highest BCUT2D eigenvalue weighted by Gasteiger charge is 2.08. The van der Waals surface area contributed by atoms with Gasteiger partial charge in [-0.15, -0.1) is 0 Å². The van der Waals surface area contributed by atoms with Gasteiger partial charge in [0.15, 0.2) is 0 Å². The Balaban J connectivity index is 2.65. The third-order valence-corrected chi connectivity index (χ3v) is 3.40. The molecule has 0 saturated heterocycles. The molecule has 3 N–H and O–H groups in total. The summed E-state index contributed by atoms with van der Waals surface area (Å²) in [5.41, 5.74) is 3.65. The Kier molecular flexibility index (Phi) is 6.32. The average molecular weight is 315 g/mol. The molecule has 0 aliphatic rings. The number of ether oxygens (including phenoxy) is 1. The zero-order valence-corrected chi connectivity index (χ0v) is 12.3. The molecule has 0 radical (unpaired) electrons. The number of rotatable bonds is 6. The first-order chi connectivity index (χ1) is 8.58. The second-order valence-electron chi connectivity index (χ2n) is 4.19. The molecule has 0 aliphatic heterocycles. The van der Waals surface area contributed by atoms with E-state index in [1.165, 1.54) is 0 Å². The summed E-state index contributed by atoms with van der Waals surface area (Å²) < 4.78 is 6.57. The Morgan fingerprint density at radius 1 is 1.56 bits per heavy atom. The zero-order valence-electron chi connectivity index (χ0n) is 10.7. The molecule has 0 saturated carbocycles. The lowest BCUT2D eigenvalue weighted by Gasteiger charge is -2.13. The fraction of sp³-hybridized carbons (Fsp3) is 0.462. The predicted octanol–water partition coefficient (Wildman–Crippen LogP) is 2.76. The van der Waals surface area contributed by atoms with Crippen LogP contribution in [0.15, 0.2) is 22.7 Å². The molecule has 1 aromatic carbocycles. The van der Waals surface area contributed by atoms with E-state index >= 15 is 0 Å². The maximum atomic E-state index is 11.3. The Bertz CT molecular complexity index is 410. The monoisotopic (exact) mass is 314 g/mol. The van der Waals surface area contributed by atoms with Gasteiger partial charge in [-0.3, -0.25) is 10.2 Å². The van der Waals surface area contributed by atoms with E-state index in [0.717, 1.165) is 22.9 Å². The first kappa shape index (κ1) is 15.1. The summed E-state index contributed by atoms with van der Waals surface area (Å²) in [5, 5.41) is 0. The van der Waals surface area contributed by atoms with Crippen molar-refractivity contribution in [3.05, 3.63) is 33.8 Å². The number of nitrogens with two attached hydrogens (primary N) is 1. The van der Waals surface area contributed by atoms with Crippen LogP contribution >= 0.6 is 15.9 Å². The minimum absolute atomic E-state index is 0.244. The van der Waals surface area contributed by atoms with Crippen molar-refractivity contribution in [3.8, 4) is 0 Å². The van der Waals surface area contributed by atoms with E-state index in [4.69, 9.17) is 10.6 Å². The van der Waals surface area contributed by atoms with Crippen molar-refractivity contribution in [2.24, 2.45) is 5.84 Å². The number of hydrogen-bond donors (Lipinski definition) is 2. The number of nitrogens with one attached hydrogen (secondary N) is 1. The van der Waals surface area contributed by atoms with E-state index in [2.05, 4.69) is 35.2 Å². The molecular formula is C13H19BrN2O2. The summed E-state index contributed by atoms with van der Waals surface area (Å²) in [6.45, 7) is 4.73. The maximum Gasteiger partial charge on any atom is 0.265 e. The molecule has 1 aromatic rings. The summed E-state index contributed by atoms with van der Waals surface area (Å²) in [7, 11) is 0. The van der Waals surface area contributed by atoms with Crippen LogP contribution in [0, 0.1) is 0 Å². The average Bonchev–Trinajstić information content (AvgIpc) is 2.36. The predicted molar refractivity (Wildman–Crippen MR) is 75.0 cm³/mol. The normalized spacial score (nSPS) is 12.2. The zero-order chi connectivity index (χ0) is 13.5. The van der Waals surface area contributed by atoms with Crippen LogP contribution in [0.25, 0.3) is 0 Å². The second-order valence-corrected chi connectivity index (χ2v) is 5.04. The van der Waals surface area contributed by atoms with Crippen LogP contribution in [-0.4, -0.2) is 12.0 Å². The van der Waals surface area contributed by atoms with Crippen LogP contribution in [0.4, 0.5) is 0 Å². The van der Waals surface area contributed by atoms with Gasteiger partial charge in [-0.1, -0.05) is 35.3 Å². The lowest BCUT2D eigenvalue weighted by molar-refractivity contribution is 0.0468. The molecule has 1 unspecified atom stereocenters. The molecule has 18 heavy (non-hydrogen) atoms. The highest BCUT2D eigenvalue weighted by atomic mass is 79.9. The van der Waals surface area contributed by atoms with E-state index in [-0.39, 0.29) is 12.0 Å². The van der Waals surface area contributed by atoms with Crippen LogP contribution in [0.2, 0.25) is 0 Å². The van der Waals surface area contributed by atoms with Gasteiger partial charge in [-0.2, -0.15) is 0 Å². The number of carbonyl (C=O) groups is 1. The molecule has 1 rings (SSSR count). The summed E-state index contributed by atoms with van der Waals surface area (Å²) in [6.07, 6.45) is 2.40. The van der Waals surface area contributed by atoms with Crippen molar-refractivity contribution < 1.29 is 9.53 Å². The van der Waals surface area contributed by atoms with E-state index < -0.39 is 0 Å². The van der Waals surface area contributed by atoms with Crippen molar-refractivity contribution in [1.82, 2.24) is 5.43 Å². The second kappa shape index (κ2) is 7.51. The lowest BCUT2D eigenvalue weighted by Crippen LogP contribution is -2.29. The number of carbonyl (C=O) groups excluding carboxylic acids is 1. The summed E-state index contributed by atoms with van der Waals surface area (Å²) in [6, 6.07) is 5.34. The van der Waals surface area contributed by atoms with Gasteiger partial charge >= 0.3 is 0 Å². The Hall–Kier alpha value is -0.910. The molecule has 4 nitrogen and oxygen atoms in total. The van der Waals surface area contributed by atoms with E-state index in [1.807, 2.05) is 6.07 Å². The van der Waals surface area contributed by atoms with Gasteiger partial charge in [0.1, 0.15) is 0 Å². The number of amides is 1. The molecule has 0 heterocycles. The van der Waals surface area contributed by atoms with Gasteiger partial charge in [-0.05, 0) is 31.0 Å². The van der Waals surface area contributed by atoms with Crippen LogP contribution in [0.5, 0.6) is 0 Å². The number of hydrazine groups is 1. The lowest BCUT2D eigenvalue weighted by atomic mass is 10.1. The van der Waals surface area contributed by atoms with Crippen molar-refractivity contribution in [2.75, 3.05) is 0 Å². The number of benzene rings is 1. The summed E-state index contributed by atoms with van der Waals surface area (Å²) in [5.74, 6) is 4.78. The molecule has 0 bridgehead atoms. The number of halogens is 1. The molecule has 0 aromatic heterocycles. The van der Waals surface area contributed by atoms with Crippen molar-refractivity contribution in [2.45, 2.75) is 39.4 Å². The number of hydrogen-bond acceptors (Lipinski definition) is 3. The maximum absolute atomic E-state index is 11.3. The fourth-order valence-electron chi connectivity index (χ4n) is 1.61. The molecule has 1 amide bonds. The SMILES string of the molecule is CCCC(C)OCc1ccc(C(=O)NN)cc1Br. The largest absolute Gasteiger partial charge is 0.374 e. The molecule has 0 aliphatic carbocycles. The topological polar surface area (TPSA) is 64.3 Å². The Labute approximate surface area is 116 Å². The first-order valence-corrected chi connectivity index (χ1v) is 6.78. The van der Waals surface area contributed by atoms with Crippen LogP contribution in [0.1, 0.15) is 42.6 Å². The van der Waals surface area contributed by atoms with Crippen molar-refractivity contribution >= 4 is 21.8 Å². The molecule has 0 spiro atoms. The highest BCUT2D eigenvalue weighted by molar-refractivity contribution is 9.10. The molecule has 0 fully saturated rings. The van der Waals surface area contributed by atoms with Gasteiger partial charge in [0, 0.05) is 10.0 Å². The van der Waals surface area contributed by atoms with Crippen molar-refractivity contribution in [3.63, 3.8) is 0 Å². The number of nitrogen functional groups attached to an aromatic ring is 1. The first-order valence-electron chi connectivity index (χ1n) is 5.99. The minimum Gasteiger partial charge on any atom is -0.374 e. The van der Waals surface area contributed by atoms with Crippen LogP contribution < -0.4 is 11.3 Å². The smallest absolute Gasteiger partial charge is 0.265 e. The van der Waals surface area contributed by atoms with Crippen LogP contribution in [-0.2, 0) is 11.3 Å². The highest BCUT2D eigenvalue weighted by Crippen LogP contribution is 2.20. The Morgan fingerprint density at radius 3 is 2.83 bits per heavy atom. The molecule has 5 heteroatoms.